The van der Waals surface area contributed by atoms with Crippen LogP contribution in [-0.2, 0) is 15.1 Å². The number of rotatable bonds is 8. The van der Waals surface area contributed by atoms with Crippen LogP contribution in [0.1, 0.15) is 25.8 Å². The minimum atomic E-state index is -4.52. The lowest BCUT2D eigenvalue weighted by Gasteiger charge is -2.19. The van der Waals surface area contributed by atoms with Crippen molar-refractivity contribution >= 4 is 54.2 Å². The molecule has 0 aromatic heterocycles. The second-order valence-electron chi connectivity index (χ2n) is 6.79. The maximum Gasteiger partial charge on any atom is 0.337 e. The lowest BCUT2D eigenvalue weighted by atomic mass is 10.1. The van der Waals surface area contributed by atoms with E-state index in [2.05, 4.69) is 5.32 Å². The molecule has 0 radical (unpaired) electrons. The van der Waals surface area contributed by atoms with Gasteiger partial charge in [0.25, 0.3) is 0 Å². The summed E-state index contributed by atoms with van der Waals surface area (Å²) in [4.78, 5) is 32.2. The quantitative estimate of drug-likeness (QED) is 0.340. The number of benzene rings is 2. The SMILES string of the molecule is CC(C)CC(C(=O)Nc1ccc(CSc2ccc(Cl)c(Cl)c2)cc1)P(=O)(O)O. The molecule has 0 spiro atoms. The van der Waals surface area contributed by atoms with Gasteiger partial charge < -0.3 is 15.1 Å². The lowest BCUT2D eigenvalue weighted by molar-refractivity contribution is -0.116. The monoisotopic (exact) mass is 461 g/mol. The molecule has 1 unspecified atom stereocenters. The zero-order chi connectivity index (χ0) is 20.9. The highest BCUT2D eigenvalue weighted by atomic mass is 35.5. The van der Waals surface area contributed by atoms with Gasteiger partial charge in [0.1, 0.15) is 5.66 Å². The summed E-state index contributed by atoms with van der Waals surface area (Å²) in [5.41, 5.74) is 0.177. The Morgan fingerprint density at radius 3 is 2.29 bits per heavy atom. The fourth-order valence-corrected chi connectivity index (χ4v) is 4.81. The Kier molecular flexibility index (Phi) is 8.44. The molecule has 28 heavy (non-hydrogen) atoms. The summed E-state index contributed by atoms with van der Waals surface area (Å²) in [5, 5.41) is 3.62. The van der Waals surface area contributed by atoms with Crippen molar-refractivity contribution in [2.24, 2.45) is 5.92 Å². The van der Waals surface area contributed by atoms with Gasteiger partial charge in [-0.2, -0.15) is 0 Å². The maximum atomic E-state index is 12.3. The highest BCUT2D eigenvalue weighted by Crippen LogP contribution is 2.44. The van der Waals surface area contributed by atoms with Crippen LogP contribution < -0.4 is 5.32 Å². The topological polar surface area (TPSA) is 86.6 Å². The van der Waals surface area contributed by atoms with Gasteiger partial charge in [0.05, 0.1) is 10.0 Å². The van der Waals surface area contributed by atoms with Gasteiger partial charge in [-0.3, -0.25) is 9.36 Å². The van der Waals surface area contributed by atoms with E-state index in [4.69, 9.17) is 23.2 Å². The molecule has 2 aromatic rings. The Hall–Kier alpha value is -1.01. The number of hydrogen-bond donors (Lipinski definition) is 3. The van der Waals surface area contributed by atoms with Crippen LogP contribution in [0.4, 0.5) is 5.69 Å². The number of nitrogens with one attached hydrogen (secondary N) is 1. The van der Waals surface area contributed by atoms with Crippen molar-refractivity contribution in [3.8, 4) is 0 Å². The van der Waals surface area contributed by atoms with E-state index >= 15 is 0 Å². The minimum absolute atomic E-state index is 0.0100. The summed E-state index contributed by atoms with van der Waals surface area (Å²) in [6, 6.07) is 12.6. The summed E-state index contributed by atoms with van der Waals surface area (Å²) in [5.74, 6) is 0.0223. The Morgan fingerprint density at radius 2 is 1.75 bits per heavy atom. The molecule has 1 atom stereocenters. The van der Waals surface area contributed by atoms with Crippen LogP contribution in [0.3, 0.4) is 0 Å². The van der Waals surface area contributed by atoms with E-state index in [-0.39, 0.29) is 12.3 Å². The average Bonchev–Trinajstić information content (AvgIpc) is 2.60. The largest absolute Gasteiger partial charge is 0.337 e. The minimum Gasteiger partial charge on any atom is -0.325 e. The van der Waals surface area contributed by atoms with Crippen molar-refractivity contribution in [1.29, 1.82) is 0 Å². The van der Waals surface area contributed by atoms with Gasteiger partial charge in [0.15, 0.2) is 0 Å². The first kappa shape index (κ1) is 23.3. The first-order chi connectivity index (χ1) is 13.1. The van der Waals surface area contributed by atoms with Crippen molar-refractivity contribution in [1.82, 2.24) is 0 Å². The summed E-state index contributed by atoms with van der Waals surface area (Å²) in [6.07, 6.45) is 0.120. The molecule has 0 aliphatic carbocycles. The number of halogens is 2. The van der Waals surface area contributed by atoms with Gasteiger partial charge in [-0.15, -0.1) is 11.8 Å². The van der Waals surface area contributed by atoms with Gasteiger partial charge in [0, 0.05) is 16.3 Å². The van der Waals surface area contributed by atoms with Crippen molar-refractivity contribution in [2.75, 3.05) is 5.32 Å². The van der Waals surface area contributed by atoms with E-state index in [9.17, 15) is 19.1 Å². The van der Waals surface area contributed by atoms with Crippen LogP contribution in [0.2, 0.25) is 10.0 Å². The molecular weight excluding hydrogens is 440 g/mol. The molecular formula is C19H22Cl2NO4PS. The van der Waals surface area contributed by atoms with Crippen LogP contribution in [0, 0.1) is 5.92 Å². The first-order valence-corrected chi connectivity index (χ1v) is 12.0. The molecule has 0 heterocycles. The van der Waals surface area contributed by atoms with E-state index in [0.29, 0.717) is 21.5 Å². The normalized spacial score (nSPS) is 12.8. The van der Waals surface area contributed by atoms with Gasteiger partial charge in [-0.1, -0.05) is 49.2 Å². The third-order valence-electron chi connectivity index (χ3n) is 3.92. The molecule has 0 aliphatic rings. The number of anilines is 1. The standard InChI is InChI=1S/C19H22Cl2NO4PS/c1-12(2)9-18(27(24,25)26)19(23)22-14-5-3-13(4-6-14)11-28-15-7-8-16(20)17(21)10-15/h3-8,10,12,18H,9,11H2,1-2H3,(H,22,23)(H2,24,25,26). The molecule has 152 valence electrons. The zero-order valence-electron chi connectivity index (χ0n) is 15.4. The van der Waals surface area contributed by atoms with E-state index < -0.39 is 19.2 Å². The van der Waals surface area contributed by atoms with Gasteiger partial charge in [-0.05, 0) is 48.2 Å². The fraction of sp³-hybridized carbons (Fsp3) is 0.316. The molecule has 0 saturated heterocycles. The maximum absolute atomic E-state index is 12.3. The molecule has 0 bridgehead atoms. The predicted octanol–water partition coefficient (Wildman–Crippen LogP) is 5.82. The molecule has 0 aliphatic heterocycles. The molecule has 0 saturated carbocycles. The Balaban J connectivity index is 1.98. The van der Waals surface area contributed by atoms with E-state index in [1.54, 1.807) is 36.0 Å². The second-order valence-corrected chi connectivity index (χ2v) is 10.4. The fourth-order valence-electron chi connectivity index (χ4n) is 2.49. The number of carbonyl (C=O) groups excluding carboxylic acids is 1. The van der Waals surface area contributed by atoms with Crippen LogP contribution in [0.5, 0.6) is 0 Å². The van der Waals surface area contributed by atoms with Crippen molar-refractivity contribution in [2.45, 2.75) is 36.6 Å². The second kappa shape index (κ2) is 10.1. The summed E-state index contributed by atoms with van der Waals surface area (Å²) in [6.45, 7) is 3.63. The summed E-state index contributed by atoms with van der Waals surface area (Å²) < 4.78 is 11.6. The first-order valence-electron chi connectivity index (χ1n) is 8.59. The molecule has 1 amide bonds. The van der Waals surface area contributed by atoms with Crippen LogP contribution in [0.25, 0.3) is 0 Å². The van der Waals surface area contributed by atoms with E-state index in [1.165, 1.54) is 0 Å². The Labute approximate surface area is 179 Å². The summed E-state index contributed by atoms with van der Waals surface area (Å²) in [7, 11) is -4.52. The van der Waals surface area contributed by atoms with Crippen LogP contribution in [-0.4, -0.2) is 21.4 Å². The molecule has 9 heteroatoms. The Bertz CT molecular complexity index is 871. The Morgan fingerprint density at radius 1 is 1.11 bits per heavy atom. The highest BCUT2D eigenvalue weighted by Gasteiger charge is 2.36. The van der Waals surface area contributed by atoms with Crippen molar-refractivity contribution in [3.05, 3.63) is 58.1 Å². The van der Waals surface area contributed by atoms with E-state index in [0.717, 1.165) is 10.5 Å². The summed E-state index contributed by atoms with van der Waals surface area (Å²) >= 11 is 13.5. The van der Waals surface area contributed by atoms with Crippen LogP contribution >= 0.6 is 42.6 Å². The average molecular weight is 462 g/mol. The molecule has 2 rings (SSSR count). The van der Waals surface area contributed by atoms with Crippen molar-refractivity contribution < 1.29 is 19.1 Å². The smallest absolute Gasteiger partial charge is 0.325 e. The molecule has 2 aromatic carbocycles. The lowest BCUT2D eigenvalue weighted by Crippen LogP contribution is -2.29. The predicted molar refractivity (Wildman–Crippen MR) is 116 cm³/mol. The van der Waals surface area contributed by atoms with Crippen LogP contribution in [0.15, 0.2) is 47.4 Å². The number of hydrogen-bond acceptors (Lipinski definition) is 3. The molecule has 3 N–H and O–H groups in total. The zero-order valence-corrected chi connectivity index (χ0v) is 18.7. The van der Waals surface area contributed by atoms with Crippen molar-refractivity contribution in [3.63, 3.8) is 0 Å². The van der Waals surface area contributed by atoms with Gasteiger partial charge in [-0.25, -0.2) is 0 Å². The number of thioether (sulfide) groups is 1. The third-order valence-corrected chi connectivity index (χ3v) is 6.98. The number of carbonyl (C=O) groups is 1. The third kappa shape index (κ3) is 7.11. The molecule has 0 fully saturated rings. The van der Waals surface area contributed by atoms with Gasteiger partial charge in [0.2, 0.25) is 5.91 Å². The highest BCUT2D eigenvalue weighted by molar-refractivity contribution is 7.98. The molecule has 5 nitrogen and oxygen atoms in total. The number of amides is 1. The van der Waals surface area contributed by atoms with Gasteiger partial charge >= 0.3 is 7.60 Å². The van der Waals surface area contributed by atoms with E-state index in [1.807, 2.05) is 32.0 Å².